The molecule has 0 aliphatic carbocycles. The summed E-state index contributed by atoms with van der Waals surface area (Å²) in [6.07, 6.45) is 0. The molecule has 2 N–H and O–H groups in total. The molecule has 0 saturated heterocycles. The van der Waals surface area contributed by atoms with Crippen molar-refractivity contribution in [2.75, 3.05) is 38.0 Å². The highest BCUT2D eigenvalue weighted by Gasteiger charge is 2.16. The standard InChI is InChI=1S/C30H34N4O5S2/c1-33(2)25-9-5-23(6-10-25)21-31-40(35,36)29-17-13-27(14-18-29)39-28-15-19-30(20-16-28)41(37,38)32-22-24-7-11-26(12-8-24)34(3)4/h5-20,31-32H,21-22H2,1-4H3. The molecular weight excluding hydrogens is 560 g/mol. The molecule has 0 aromatic heterocycles. The van der Waals surface area contributed by atoms with Crippen LogP contribution in [-0.2, 0) is 33.1 Å². The van der Waals surface area contributed by atoms with Crippen LogP contribution in [0.5, 0.6) is 11.5 Å². The Bertz CT molecular complexity index is 1530. The van der Waals surface area contributed by atoms with Gasteiger partial charge in [0, 0.05) is 52.7 Å². The van der Waals surface area contributed by atoms with E-state index in [1.807, 2.05) is 86.5 Å². The number of hydrogen-bond acceptors (Lipinski definition) is 7. The molecule has 0 spiro atoms. The molecule has 11 heteroatoms. The Balaban J connectivity index is 1.32. The highest BCUT2D eigenvalue weighted by Crippen LogP contribution is 2.25. The largest absolute Gasteiger partial charge is 0.457 e. The molecule has 0 bridgehead atoms. The molecule has 41 heavy (non-hydrogen) atoms. The van der Waals surface area contributed by atoms with Crippen LogP contribution in [0.1, 0.15) is 11.1 Å². The lowest BCUT2D eigenvalue weighted by Gasteiger charge is -2.13. The highest BCUT2D eigenvalue weighted by molar-refractivity contribution is 7.89. The van der Waals surface area contributed by atoms with Gasteiger partial charge in [-0.15, -0.1) is 0 Å². The van der Waals surface area contributed by atoms with Crippen LogP contribution >= 0.6 is 0 Å². The van der Waals surface area contributed by atoms with Gasteiger partial charge in [-0.1, -0.05) is 24.3 Å². The van der Waals surface area contributed by atoms with Crippen molar-refractivity contribution in [1.29, 1.82) is 0 Å². The van der Waals surface area contributed by atoms with E-state index in [2.05, 4.69) is 9.44 Å². The number of anilines is 2. The Kier molecular flexibility index (Phi) is 9.34. The second-order valence-electron chi connectivity index (χ2n) is 9.82. The topological polar surface area (TPSA) is 108 Å². The first-order chi connectivity index (χ1) is 19.4. The molecule has 0 heterocycles. The van der Waals surface area contributed by atoms with Crippen LogP contribution in [0.15, 0.2) is 107 Å². The van der Waals surface area contributed by atoms with E-state index in [1.165, 1.54) is 24.3 Å². The third kappa shape index (κ3) is 8.08. The SMILES string of the molecule is CN(C)c1ccc(CNS(=O)(=O)c2ccc(Oc3ccc(S(=O)(=O)NCc4ccc(N(C)C)cc4)cc3)cc2)cc1. The molecule has 0 amide bonds. The Morgan fingerprint density at radius 3 is 1.12 bits per heavy atom. The lowest BCUT2D eigenvalue weighted by Crippen LogP contribution is -2.23. The quantitative estimate of drug-likeness (QED) is 0.247. The molecule has 0 aliphatic rings. The minimum Gasteiger partial charge on any atom is -0.457 e. The van der Waals surface area contributed by atoms with E-state index in [4.69, 9.17) is 4.74 Å². The summed E-state index contributed by atoms with van der Waals surface area (Å²) in [7, 11) is 0.325. The van der Waals surface area contributed by atoms with Gasteiger partial charge in [0.1, 0.15) is 11.5 Å². The van der Waals surface area contributed by atoms with Gasteiger partial charge in [0.05, 0.1) is 9.79 Å². The summed E-state index contributed by atoms with van der Waals surface area (Å²) in [5.74, 6) is 0.830. The van der Waals surface area contributed by atoms with Crippen LogP contribution in [0.25, 0.3) is 0 Å². The number of hydrogen-bond donors (Lipinski definition) is 2. The van der Waals surface area contributed by atoms with Crippen molar-refractivity contribution in [3.05, 3.63) is 108 Å². The molecule has 0 unspecified atom stereocenters. The lowest BCUT2D eigenvalue weighted by molar-refractivity contribution is 0.481. The van der Waals surface area contributed by atoms with Crippen LogP contribution in [0.3, 0.4) is 0 Å². The average Bonchev–Trinajstić information content (AvgIpc) is 2.96. The fourth-order valence-corrected chi connectivity index (χ4v) is 5.89. The molecule has 0 aliphatic heterocycles. The Morgan fingerprint density at radius 2 is 0.829 bits per heavy atom. The number of ether oxygens (including phenoxy) is 1. The molecule has 4 rings (SSSR count). The predicted octanol–water partition coefficient (Wildman–Crippen LogP) is 4.57. The molecule has 0 saturated carbocycles. The normalized spacial score (nSPS) is 11.7. The van der Waals surface area contributed by atoms with Crippen LogP contribution in [0, 0.1) is 0 Å². The Labute approximate surface area is 242 Å². The van der Waals surface area contributed by atoms with E-state index >= 15 is 0 Å². The van der Waals surface area contributed by atoms with Crippen molar-refractivity contribution in [2.24, 2.45) is 0 Å². The van der Waals surface area contributed by atoms with Crippen LogP contribution in [0.4, 0.5) is 11.4 Å². The average molecular weight is 595 g/mol. The molecular formula is C30H34N4O5S2. The highest BCUT2D eigenvalue weighted by atomic mass is 32.2. The van der Waals surface area contributed by atoms with Gasteiger partial charge in [0.15, 0.2) is 0 Å². The van der Waals surface area contributed by atoms with Crippen LogP contribution < -0.4 is 24.0 Å². The molecule has 4 aromatic carbocycles. The van der Waals surface area contributed by atoms with Gasteiger partial charge >= 0.3 is 0 Å². The zero-order valence-corrected chi connectivity index (χ0v) is 25.0. The maximum Gasteiger partial charge on any atom is 0.240 e. The fraction of sp³-hybridized carbons (Fsp3) is 0.200. The number of benzene rings is 4. The summed E-state index contributed by atoms with van der Waals surface area (Å²) in [6.45, 7) is 0.336. The van der Waals surface area contributed by atoms with Gasteiger partial charge in [0.2, 0.25) is 20.0 Å². The zero-order valence-electron chi connectivity index (χ0n) is 23.4. The number of sulfonamides is 2. The number of nitrogens with zero attached hydrogens (tertiary/aromatic N) is 2. The van der Waals surface area contributed by atoms with Crippen LogP contribution in [0.2, 0.25) is 0 Å². The summed E-state index contributed by atoms with van der Waals surface area (Å²) >= 11 is 0. The molecule has 216 valence electrons. The van der Waals surface area contributed by atoms with Crippen molar-refractivity contribution in [2.45, 2.75) is 22.9 Å². The first-order valence-electron chi connectivity index (χ1n) is 12.8. The number of nitrogens with one attached hydrogen (secondary N) is 2. The van der Waals surface area contributed by atoms with Gasteiger partial charge in [0.25, 0.3) is 0 Å². The predicted molar refractivity (Wildman–Crippen MR) is 163 cm³/mol. The van der Waals surface area contributed by atoms with Gasteiger partial charge < -0.3 is 14.5 Å². The van der Waals surface area contributed by atoms with Crippen molar-refractivity contribution < 1.29 is 21.6 Å². The maximum atomic E-state index is 12.7. The lowest BCUT2D eigenvalue weighted by atomic mass is 10.2. The van der Waals surface area contributed by atoms with Crippen molar-refractivity contribution in [3.8, 4) is 11.5 Å². The third-order valence-electron chi connectivity index (χ3n) is 6.34. The maximum absolute atomic E-state index is 12.7. The summed E-state index contributed by atoms with van der Waals surface area (Å²) < 4.78 is 62.0. The van der Waals surface area contributed by atoms with Gasteiger partial charge in [-0.2, -0.15) is 0 Å². The second kappa shape index (κ2) is 12.7. The van der Waals surface area contributed by atoms with E-state index in [-0.39, 0.29) is 22.9 Å². The van der Waals surface area contributed by atoms with Gasteiger partial charge in [-0.05, 0) is 83.9 Å². The smallest absolute Gasteiger partial charge is 0.240 e. The summed E-state index contributed by atoms with van der Waals surface area (Å²) in [6, 6.07) is 27.3. The Morgan fingerprint density at radius 1 is 0.512 bits per heavy atom. The molecule has 0 radical (unpaired) electrons. The zero-order chi connectivity index (χ0) is 29.6. The molecule has 4 aromatic rings. The molecule has 0 atom stereocenters. The van der Waals surface area contributed by atoms with Crippen molar-refractivity contribution in [1.82, 2.24) is 9.44 Å². The summed E-state index contributed by atoms with van der Waals surface area (Å²) in [5.41, 5.74) is 3.75. The fourth-order valence-electron chi connectivity index (χ4n) is 3.86. The monoisotopic (exact) mass is 594 g/mol. The molecule has 0 fully saturated rings. The van der Waals surface area contributed by atoms with Gasteiger partial charge in [-0.25, -0.2) is 26.3 Å². The summed E-state index contributed by atoms with van der Waals surface area (Å²) in [4.78, 5) is 4.16. The second-order valence-corrected chi connectivity index (χ2v) is 13.3. The first kappa shape index (κ1) is 30.1. The minimum absolute atomic E-state index is 0.110. The summed E-state index contributed by atoms with van der Waals surface area (Å²) in [5, 5.41) is 0. The number of rotatable bonds is 12. The van der Waals surface area contributed by atoms with Crippen LogP contribution in [-0.4, -0.2) is 45.0 Å². The van der Waals surface area contributed by atoms with E-state index in [1.54, 1.807) is 24.3 Å². The first-order valence-corrected chi connectivity index (χ1v) is 15.8. The van der Waals surface area contributed by atoms with Gasteiger partial charge in [-0.3, -0.25) is 0 Å². The Hall–Kier alpha value is -3.90. The van der Waals surface area contributed by atoms with Crippen molar-refractivity contribution in [3.63, 3.8) is 0 Å². The van der Waals surface area contributed by atoms with Crippen molar-refractivity contribution >= 4 is 31.4 Å². The molecule has 9 nitrogen and oxygen atoms in total. The van der Waals surface area contributed by atoms with E-state index in [9.17, 15) is 16.8 Å². The van der Waals surface area contributed by atoms with E-state index in [0.29, 0.717) is 11.5 Å². The minimum atomic E-state index is -3.72. The third-order valence-corrected chi connectivity index (χ3v) is 9.18. The van der Waals surface area contributed by atoms with E-state index in [0.717, 1.165) is 22.5 Å². The van der Waals surface area contributed by atoms with E-state index < -0.39 is 20.0 Å².